The van der Waals surface area contributed by atoms with E-state index in [1.54, 1.807) is 18.7 Å². The number of hydrogen-bond acceptors (Lipinski definition) is 5. The SMILES string of the molecule is Cc1cc(SCC(=N)C(C)N)cc(C)c1OCC(=O)O. The first-order valence-electron chi connectivity index (χ1n) is 6.22. The molecule has 0 radical (unpaired) electrons. The van der Waals surface area contributed by atoms with Crippen molar-refractivity contribution < 1.29 is 14.6 Å². The number of aliphatic carboxylic acids is 1. The number of rotatable bonds is 7. The summed E-state index contributed by atoms with van der Waals surface area (Å²) in [5.74, 6) is 0.165. The molecule has 1 unspecified atom stereocenters. The van der Waals surface area contributed by atoms with Crippen LogP contribution in [0.4, 0.5) is 0 Å². The van der Waals surface area contributed by atoms with Crippen LogP contribution in [0, 0.1) is 19.3 Å². The van der Waals surface area contributed by atoms with E-state index >= 15 is 0 Å². The van der Waals surface area contributed by atoms with Gasteiger partial charge in [-0.3, -0.25) is 0 Å². The molecule has 110 valence electrons. The fraction of sp³-hybridized carbons (Fsp3) is 0.429. The average molecular weight is 296 g/mol. The van der Waals surface area contributed by atoms with Gasteiger partial charge >= 0.3 is 5.97 Å². The van der Waals surface area contributed by atoms with E-state index in [0.717, 1.165) is 16.0 Å². The first-order valence-corrected chi connectivity index (χ1v) is 7.21. The molecule has 20 heavy (non-hydrogen) atoms. The van der Waals surface area contributed by atoms with Crippen LogP contribution in [0.25, 0.3) is 0 Å². The van der Waals surface area contributed by atoms with Gasteiger partial charge in [0.15, 0.2) is 6.61 Å². The minimum atomic E-state index is -0.993. The van der Waals surface area contributed by atoms with Crippen molar-refractivity contribution in [3.8, 4) is 5.75 Å². The Morgan fingerprint density at radius 2 is 2.00 bits per heavy atom. The van der Waals surface area contributed by atoms with Crippen molar-refractivity contribution in [1.82, 2.24) is 0 Å². The predicted molar refractivity (Wildman–Crippen MR) is 81.1 cm³/mol. The van der Waals surface area contributed by atoms with Gasteiger partial charge < -0.3 is 21.0 Å². The Morgan fingerprint density at radius 3 is 2.45 bits per heavy atom. The number of carbonyl (C=O) groups is 1. The highest BCUT2D eigenvalue weighted by atomic mass is 32.2. The van der Waals surface area contributed by atoms with Gasteiger partial charge in [0.05, 0.1) is 0 Å². The number of carboxylic acids is 1. The fourth-order valence-electron chi connectivity index (χ4n) is 1.65. The molecule has 0 aliphatic carbocycles. The van der Waals surface area contributed by atoms with Crippen LogP contribution in [-0.4, -0.2) is 35.2 Å². The molecule has 0 heterocycles. The van der Waals surface area contributed by atoms with Crippen LogP contribution >= 0.6 is 11.8 Å². The molecule has 1 atom stereocenters. The standard InChI is InChI=1S/C14H20N2O3S/c1-8-4-11(20-7-12(16)10(3)15)5-9(2)14(8)19-6-13(17)18/h4-5,10,16H,6-7,15H2,1-3H3,(H,17,18). The van der Waals surface area contributed by atoms with E-state index in [4.69, 9.17) is 21.0 Å². The molecule has 0 spiro atoms. The molecule has 5 nitrogen and oxygen atoms in total. The number of ether oxygens (including phenoxy) is 1. The Morgan fingerprint density at radius 1 is 1.45 bits per heavy atom. The minimum absolute atomic E-state index is 0.233. The lowest BCUT2D eigenvalue weighted by atomic mass is 10.1. The summed E-state index contributed by atoms with van der Waals surface area (Å²) in [7, 11) is 0. The molecule has 4 N–H and O–H groups in total. The first-order chi connectivity index (χ1) is 9.31. The molecule has 0 amide bonds. The maximum absolute atomic E-state index is 10.5. The van der Waals surface area contributed by atoms with Gasteiger partial charge in [-0.15, -0.1) is 11.8 Å². The van der Waals surface area contributed by atoms with Gasteiger partial charge in [-0.25, -0.2) is 4.79 Å². The second-order valence-corrected chi connectivity index (χ2v) is 5.72. The number of thioether (sulfide) groups is 1. The highest BCUT2D eigenvalue weighted by Crippen LogP contribution is 2.29. The highest BCUT2D eigenvalue weighted by molar-refractivity contribution is 8.00. The summed E-state index contributed by atoms with van der Waals surface area (Å²) >= 11 is 1.54. The van der Waals surface area contributed by atoms with Crippen molar-refractivity contribution in [1.29, 1.82) is 5.41 Å². The third-order valence-electron chi connectivity index (χ3n) is 2.72. The van der Waals surface area contributed by atoms with Crippen molar-refractivity contribution in [3.63, 3.8) is 0 Å². The Balaban J connectivity index is 2.77. The molecule has 1 aromatic carbocycles. The Hall–Kier alpha value is -1.53. The molecule has 1 rings (SSSR count). The van der Waals surface area contributed by atoms with Gasteiger partial charge in [-0.1, -0.05) is 0 Å². The van der Waals surface area contributed by atoms with Gasteiger partial charge in [0.1, 0.15) is 5.75 Å². The summed E-state index contributed by atoms with van der Waals surface area (Å²) in [6.45, 7) is 5.21. The van der Waals surface area contributed by atoms with Gasteiger partial charge in [0.25, 0.3) is 0 Å². The Kier molecular flexibility index (Phi) is 6.04. The maximum atomic E-state index is 10.5. The summed E-state index contributed by atoms with van der Waals surface area (Å²) < 4.78 is 5.28. The van der Waals surface area contributed by atoms with Crippen LogP contribution in [0.2, 0.25) is 0 Å². The summed E-state index contributed by atoms with van der Waals surface area (Å²) in [6.07, 6.45) is 0. The second kappa shape index (κ2) is 7.31. The van der Waals surface area contributed by atoms with E-state index in [9.17, 15) is 4.79 Å². The molecule has 0 saturated heterocycles. The quantitative estimate of drug-likeness (QED) is 0.529. The van der Waals surface area contributed by atoms with Gasteiger partial charge in [0.2, 0.25) is 0 Å². The number of nitrogens with one attached hydrogen (secondary N) is 1. The van der Waals surface area contributed by atoms with Gasteiger partial charge in [-0.05, 0) is 44.0 Å². The van der Waals surface area contributed by atoms with Crippen LogP contribution in [0.1, 0.15) is 18.1 Å². The normalized spacial score (nSPS) is 12.0. The number of aryl methyl sites for hydroxylation is 2. The summed E-state index contributed by atoms with van der Waals surface area (Å²) in [6, 6.07) is 3.63. The second-order valence-electron chi connectivity index (χ2n) is 4.67. The zero-order valence-electron chi connectivity index (χ0n) is 11.9. The highest BCUT2D eigenvalue weighted by Gasteiger charge is 2.10. The van der Waals surface area contributed by atoms with Crippen LogP contribution in [0.5, 0.6) is 5.75 Å². The molecule has 0 bridgehead atoms. The molecule has 0 aliphatic heterocycles. The van der Waals surface area contributed by atoms with Crippen LogP contribution in [0.15, 0.2) is 17.0 Å². The van der Waals surface area contributed by atoms with Crippen LogP contribution in [-0.2, 0) is 4.79 Å². The summed E-state index contributed by atoms with van der Waals surface area (Å²) in [4.78, 5) is 11.6. The molecular weight excluding hydrogens is 276 g/mol. The molecule has 0 saturated carbocycles. The van der Waals surface area contributed by atoms with Crippen molar-refractivity contribution in [2.45, 2.75) is 31.7 Å². The molecule has 0 fully saturated rings. The zero-order chi connectivity index (χ0) is 15.3. The smallest absolute Gasteiger partial charge is 0.341 e. The number of benzene rings is 1. The largest absolute Gasteiger partial charge is 0.481 e. The van der Waals surface area contributed by atoms with Crippen molar-refractivity contribution >= 4 is 23.4 Å². The predicted octanol–water partition coefficient (Wildman–Crippen LogP) is 2.23. The topological polar surface area (TPSA) is 96.4 Å². The van der Waals surface area contributed by atoms with Gasteiger partial charge in [0, 0.05) is 22.4 Å². The van der Waals surface area contributed by atoms with Crippen molar-refractivity contribution in [3.05, 3.63) is 23.3 Å². The molecular formula is C14H20N2O3S. The first kappa shape index (κ1) is 16.5. The molecule has 6 heteroatoms. The van der Waals surface area contributed by atoms with Gasteiger partial charge in [-0.2, -0.15) is 0 Å². The average Bonchev–Trinajstić information content (AvgIpc) is 2.34. The summed E-state index contributed by atoms with van der Waals surface area (Å²) in [5.41, 5.74) is 7.91. The fourth-order valence-corrected chi connectivity index (χ4v) is 2.75. The lowest BCUT2D eigenvalue weighted by molar-refractivity contribution is -0.139. The molecule has 0 aliphatic rings. The number of nitrogens with two attached hydrogens (primary N) is 1. The van der Waals surface area contributed by atoms with E-state index in [1.807, 2.05) is 26.0 Å². The Labute approximate surface area is 123 Å². The zero-order valence-corrected chi connectivity index (χ0v) is 12.7. The Bertz CT molecular complexity index is 492. The van der Waals surface area contributed by atoms with Crippen molar-refractivity contribution in [2.75, 3.05) is 12.4 Å². The van der Waals surface area contributed by atoms with E-state index in [1.165, 1.54) is 0 Å². The van der Waals surface area contributed by atoms with Crippen LogP contribution in [0.3, 0.4) is 0 Å². The summed E-state index contributed by atoms with van der Waals surface area (Å²) in [5, 5.41) is 16.4. The third kappa shape index (κ3) is 4.86. The van der Waals surface area contributed by atoms with E-state index < -0.39 is 5.97 Å². The number of hydrogen-bond donors (Lipinski definition) is 3. The van der Waals surface area contributed by atoms with E-state index in [-0.39, 0.29) is 12.6 Å². The molecule has 1 aromatic rings. The van der Waals surface area contributed by atoms with E-state index in [2.05, 4.69) is 0 Å². The van der Waals surface area contributed by atoms with Crippen LogP contribution < -0.4 is 10.5 Å². The maximum Gasteiger partial charge on any atom is 0.341 e. The molecule has 0 aromatic heterocycles. The monoisotopic (exact) mass is 296 g/mol. The lowest BCUT2D eigenvalue weighted by Crippen LogP contribution is -2.27. The third-order valence-corrected chi connectivity index (χ3v) is 3.74. The van der Waals surface area contributed by atoms with E-state index in [0.29, 0.717) is 17.2 Å². The number of carboxylic acid groups (broad SMARTS) is 1. The van der Waals surface area contributed by atoms with Crippen molar-refractivity contribution in [2.24, 2.45) is 5.73 Å². The lowest BCUT2D eigenvalue weighted by Gasteiger charge is -2.13. The minimum Gasteiger partial charge on any atom is -0.481 e.